The van der Waals surface area contributed by atoms with Gasteiger partial charge in [-0.1, -0.05) is 30.3 Å². The molecular weight excluding hydrogens is 442 g/mol. The van der Waals surface area contributed by atoms with Crippen molar-refractivity contribution in [2.24, 2.45) is 11.3 Å². The summed E-state index contributed by atoms with van der Waals surface area (Å²) in [6, 6.07) is 8.53. The van der Waals surface area contributed by atoms with Crippen LogP contribution in [-0.4, -0.2) is 51.8 Å². The van der Waals surface area contributed by atoms with Crippen LogP contribution in [0.5, 0.6) is 0 Å². The minimum Gasteiger partial charge on any atom is -0.480 e. The molecule has 1 aromatic rings. The molecule has 0 spiro atoms. The summed E-state index contributed by atoms with van der Waals surface area (Å²) in [5.41, 5.74) is 0.321. The van der Waals surface area contributed by atoms with E-state index in [2.05, 4.69) is 5.32 Å². The maximum absolute atomic E-state index is 13.0. The molecule has 0 radical (unpaired) electrons. The number of amides is 1. The largest absolute Gasteiger partial charge is 0.480 e. The number of nitrogens with one attached hydrogen (secondary N) is 1. The van der Waals surface area contributed by atoms with Gasteiger partial charge in [-0.05, 0) is 51.7 Å². The van der Waals surface area contributed by atoms with Crippen molar-refractivity contribution in [1.29, 1.82) is 0 Å². The fraction of sp³-hybridized carbons (Fsp3) is 0.571. The number of carbonyl (C=O) groups is 3. The lowest BCUT2D eigenvalue weighted by atomic mass is 9.98. The quantitative estimate of drug-likeness (QED) is 0.346. The second kappa shape index (κ2) is 13.2. The summed E-state index contributed by atoms with van der Waals surface area (Å²) >= 11 is 4.06. The monoisotopic (exact) mass is 473 g/mol. The maximum Gasteiger partial charge on any atom is 0.326 e. The molecule has 30 heavy (non-hydrogen) atoms. The summed E-state index contributed by atoms with van der Waals surface area (Å²) in [7, 11) is 0. The van der Waals surface area contributed by atoms with Gasteiger partial charge in [-0.2, -0.15) is 23.5 Å². The Morgan fingerprint density at radius 3 is 2.20 bits per heavy atom. The second-order valence-electron chi connectivity index (χ2n) is 7.83. The Morgan fingerprint density at radius 2 is 1.70 bits per heavy atom. The highest BCUT2D eigenvalue weighted by Crippen LogP contribution is 2.25. The molecule has 2 N–H and O–H groups in total. The van der Waals surface area contributed by atoms with Gasteiger partial charge in [0.05, 0.1) is 28.0 Å². The number of hydrogen-bond acceptors (Lipinski definition) is 7. The van der Waals surface area contributed by atoms with Crippen molar-refractivity contribution in [3.8, 4) is 0 Å². The molecule has 0 aliphatic rings. The van der Waals surface area contributed by atoms with Crippen molar-refractivity contribution in [1.82, 2.24) is 5.32 Å². The number of carboxylic acids is 1. The molecule has 2 atom stereocenters. The van der Waals surface area contributed by atoms with Gasteiger partial charge in [0, 0.05) is 5.75 Å². The van der Waals surface area contributed by atoms with E-state index in [1.54, 1.807) is 44.3 Å². The van der Waals surface area contributed by atoms with E-state index in [-0.39, 0.29) is 22.2 Å². The Hall–Kier alpha value is -1.32. The minimum absolute atomic E-state index is 0.0705. The third kappa shape index (κ3) is 9.66. The SMILES string of the molecule is CSC(C[C@H](NC(=O)C(CSOC(=O)C(C)(C)C)Cc1ccccc1)C(=O)O)SC. The Bertz CT molecular complexity index is 690. The van der Waals surface area contributed by atoms with E-state index in [1.807, 2.05) is 42.8 Å². The van der Waals surface area contributed by atoms with Crippen LogP contribution in [0.1, 0.15) is 32.8 Å². The average molecular weight is 474 g/mol. The molecule has 0 fully saturated rings. The minimum atomic E-state index is -1.05. The van der Waals surface area contributed by atoms with Crippen molar-refractivity contribution >= 4 is 53.4 Å². The molecule has 0 bridgehead atoms. The number of thioether (sulfide) groups is 2. The third-order valence-electron chi connectivity index (χ3n) is 4.28. The fourth-order valence-corrected chi connectivity index (χ4v) is 4.81. The number of hydrogen-bond donors (Lipinski definition) is 2. The van der Waals surface area contributed by atoms with Gasteiger partial charge in [0.1, 0.15) is 6.04 Å². The number of aliphatic carboxylic acids is 1. The molecule has 1 rings (SSSR count). The van der Waals surface area contributed by atoms with Gasteiger partial charge >= 0.3 is 11.9 Å². The van der Waals surface area contributed by atoms with E-state index < -0.39 is 23.3 Å². The van der Waals surface area contributed by atoms with Crippen molar-refractivity contribution in [3.63, 3.8) is 0 Å². The molecule has 9 heteroatoms. The van der Waals surface area contributed by atoms with E-state index in [4.69, 9.17) is 4.18 Å². The molecule has 1 unspecified atom stereocenters. The highest BCUT2D eigenvalue weighted by molar-refractivity contribution is 8.16. The molecular formula is C21H31NO5S3. The van der Waals surface area contributed by atoms with E-state index in [1.165, 1.54) is 0 Å². The van der Waals surface area contributed by atoms with Crippen LogP contribution in [0.25, 0.3) is 0 Å². The molecule has 0 saturated carbocycles. The van der Waals surface area contributed by atoms with Gasteiger partial charge in [0.25, 0.3) is 0 Å². The van der Waals surface area contributed by atoms with Crippen molar-refractivity contribution in [2.75, 3.05) is 18.3 Å². The maximum atomic E-state index is 13.0. The highest BCUT2D eigenvalue weighted by Gasteiger charge is 2.29. The van der Waals surface area contributed by atoms with Gasteiger partial charge in [-0.15, -0.1) is 0 Å². The van der Waals surface area contributed by atoms with Crippen LogP contribution in [0, 0.1) is 11.3 Å². The fourth-order valence-electron chi connectivity index (χ4n) is 2.41. The topological polar surface area (TPSA) is 92.7 Å². The van der Waals surface area contributed by atoms with Gasteiger partial charge in [-0.3, -0.25) is 9.59 Å². The summed E-state index contributed by atoms with van der Waals surface area (Å²) in [6.07, 6.45) is 4.59. The van der Waals surface area contributed by atoms with Crippen LogP contribution in [0.4, 0.5) is 0 Å². The van der Waals surface area contributed by atoms with Crippen LogP contribution in [0.2, 0.25) is 0 Å². The highest BCUT2D eigenvalue weighted by atomic mass is 32.2. The van der Waals surface area contributed by atoms with Gasteiger partial charge in [0.2, 0.25) is 5.91 Å². The summed E-state index contributed by atoms with van der Waals surface area (Å²) in [4.78, 5) is 36.6. The Morgan fingerprint density at radius 1 is 1.10 bits per heavy atom. The van der Waals surface area contributed by atoms with Crippen LogP contribution >= 0.6 is 35.6 Å². The molecule has 1 amide bonds. The van der Waals surface area contributed by atoms with E-state index in [0.717, 1.165) is 17.6 Å². The lowest BCUT2D eigenvalue weighted by Crippen LogP contribution is -2.45. The molecule has 6 nitrogen and oxygen atoms in total. The molecule has 0 saturated heterocycles. The van der Waals surface area contributed by atoms with E-state index in [0.29, 0.717) is 12.8 Å². The van der Waals surface area contributed by atoms with E-state index >= 15 is 0 Å². The first kappa shape index (κ1) is 26.7. The summed E-state index contributed by atoms with van der Waals surface area (Å²) < 4.78 is 5.32. The molecule has 0 aromatic heterocycles. The van der Waals surface area contributed by atoms with Crippen molar-refractivity contribution in [3.05, 3.63) is 35.9 Å². The van der Waals surface area contributed by atoms with Crippen LogP contribution in [0.3, 0.4) is 0 Å². The lowest BCUT2D eigenvalue weighted by molar-refractivity contribution is -0.142. The van der Waals surface area contributed by atoms with Crippen LogP contribution in [-0.2, 0) is 25.0 Å². The predicted molar refractivity (Wildman–Crippen MR) is 127 cm³/mol. The van der Waals surface area contributed by atoms with Gasteiger partial charge < -0.3 is 14.6 Å². The molecule has 0 aliphatic heterocycles. The number of carbonyl (C=O) groups excluding carboxylic acids is 2. The van der Waals surface area contributed by atoms with Crippen molar-refractivity contribution in [2.45, 2.75) is 44.2 Å². The van der Waals surface area contributed by atoms with Crippen LogP contribution < -0.4 is 5.32 Å². The second-order valence-corrected chi connectivity index (χ2v) is 10.9. The first-order valence-electron chi connectivity index (χ1n) is 9.55. The average Bonchev–Trinajstić information content (AvgIpc) is 2.69. The normalized spacial score (nSPS) is 13.5. The number of benzene rings is 1. The molecule has 168 valence electrons. The summed E-state index contributed by atoms with van der Waals surface area (Å²) in [5, 5.41) is 12.2. The third-order valence-corrected chi connectivity index (χ3v) is 7.68. The zero-order valence-electron chi connectivity index (χ0n) is 18.0. The summed E-state index contributed by atoms with van der Waals surface area (Å²) in [5.74, 6) is -2.07. The zero-order chi connectivity index (χ0) is 22.7. The molecule has 0 heterocycles. The number of rotatable bonds is 12. The standard InChI is InChI=1S/C21H31NO5S3/c1-21(2,3)20(26)27-30-13-15(11-14-9-7-6-8-10-14)18(23)22-16(19(24)25)12-17(28-4)29-5/h6-10,15-17H,11-13H2,1-5H3,(H,22,23)(H,24,25)/t15?,16-/m0/s1. The number of carboxylic acid groups (broad SMARTS) is 1. The van der Waals surface area contributed by atoms with Crippen molar-refractivity contribution < 1.29 is 23.7 Å². The van der Waals surface area contributed by atoms with Crippen LogP contribution in [0.15, 0.2) is 30.3 Å². The molecule has 0 aliphatic carbocycles. The molecule has 1 aromatic carbocycles. The first-order valence-corrected chi connectivity index (χ1v) is 13.0. The Labute approximate surface area is 191 Å². The lowest BCUT2D eigenvalue weighted by Gasteiger charge is -2.23. The van der Waals surface area contributed by atoms with E-state index in [9.17, 15) is 19.5 Å². The van der Waals surface area contributed by atoms with Gasteiger partial charge in [0.15, 0.2) is 0 Å². The smallest absolute Gasteiger partial charge is 0.326 e. The first-order chi connectivity index (χ1) is 14.1. The zero-order valence-corrected chi connectivity index (χ0v) is 20.5. The Balaban J connectivity index is 2.86. The summed E-state index contributed by atoms with van der Waals surface area (Å²) in [6.45, 7) is 5.28. The Kier molecular flexibility index (Phi) is 11.7. The predicted octanol–water partition coefficient (Wildman–Crippen LogP) is 4.09. The van der Waals surface area contributed by atoms with Gasteiger partial charge in [-0.25, -0.2) is 4.79 Å².